The number of para-hydroxylation sites is 1. The molecule has 310 valence electrons. The molecule has 0 unspecified atom stereocenters. The number of aromatic nitrogens is 3. The van der Waals surface area contributed by atoms with E-state index in [1.165, 1.54) is 19.0 Å². The zero-order valence-corrected chi connectivity index (χ0v) is 29.3. The quantitative estimate of drug-likeness (QED) is 0.0407. The molecule has 0 atom stereocenters. The summed E-state index contributed by atoms with van der Waals surface area (Å²) in [7, 11) is 4.89. The number of imide groups is 2. The van der Waals surface area contributed by atoms with Gasteiger partial charge in [0.1, 0.15) is 5.52 Å². The van der Waals surface area contributed by atoms with Crippen molar-refractivity contribution in [3.63, 3.8) is 0 Å². The van der Waals surface area contributed by atoms with E-state index in [2.05, 4.69) is 10.3 Å². The summed E-state index contributed by atoms with van der Waals surface area (Å²) in [6.45, 7) is 4.39. The zero-order chi connectivity index (χ0) is 39.7. The number of hydrogen-bond donors (Lipinski definition) is 0. The van der Waals surface area contributed by atoms with Crippen molar-refractivity contribution in [2.24, 2.45) is 7.05 Å². The average molecular weight is 805 g/mol. The molecule has 2 aliphatic heterocycles. The highest BCUT2D eigenvalue weighted by Gasteiger charge is 2.31. The molecule has 4 aromatic carbocycles. The van der Waals surface area contributed by atoms with Gasteiger partial charge in [-0.1, -0.05) is 71.3 Å². The van der Waals surface area contributed by atoms with Crippen LogP contribution < -0.4 is 0 Å². The number of nitrogens with zero attached hydrogens (tertiary/aromatic N) is 6. The number of fused-ring (bicyclic) bond motifs is 2. The van der Waals surface area contributed by atoms with Crippen LogP contribution in [0, 0.1) is 60.0 Å². The van der Waals surface area contributed by atoms with E-state index in [0.717, 1.165) is 28.4 Å². The molecule has 1 saturated heterocycles. The van der Waals surface area contributed by atoms with Crippen molar-refractivity contribution in [1.29, 1.82) is 0 Å². The monoisotopic (exact) mass is 804 g/mol. The highest BCUT2D eigenvalue weighted by atomic mass is 19.2. The summed E-state index contributed by atoms with van der Waals surface area (Å²) in [5, 5.41) is 18.2. The van der Waals surface area contributed by atoms with E-state index in [-0.39, 0.29) is 63.9 Å². The number of likely N-dealkylation sites (tertiary alicyclic amines) is 1. The summed E-state index contributed by atoms with van der Waals surface area (Å²) in [5.41, 5.74) is 3.99. The number of aryl methyl sites for hydroxylation is 3. The molecule has 2 aliphatic rings. The van der Waals surface area contributed by atoms with Crippen LogP contribution in [0.4, 0.5) is 27.6 Å². The number of carbonyl (C=O) groups excluding carboxylic acids is 4. The fourth-order valence-electron chi connectivity index (χ4n) is 4.61. The zero-order valence-electron chi connectivity index (χ0n) is 29.3. The molecular weight excluding hydrogens is 755 g/mol. The van der Waals surface area contributed by atoms with Gasteiger partial charge in [0.15, 0.2) is 23.3 Å². The molecule has 7 rings (SSSR count). The van der Waals surface area contributed by atoms with Gasteiger partial charge in [0.2, 0.25) is 17.6 Å². The van der Waals surface area contributed by atoms with E-state index >= 15 is 0 Å². The van der Waals surface area contributed by atoms with Crippen LogP contribution in [-0.2, 0) is 16.6 Å². The van der Waals surface area contributed by atoms with Crippen LogP contribution in [0.2, 0.25) is 0 Å². The van der Waals surface area contributed by atoms with Crippen molar-refractivity contribution < 1.29 is 46.1 Å². The Morgan fingerprint density at radius 3 is 1.47 bits per heavy atom. The van der Waals surface area contributed by atoms with Gasteiger partial charge in [-0.05, 0) is 50.6 Å². The topological polar surface area (TPSA) is 149 Å². The summed E-state index contributed by atoms with van der Waals surface area (Å²) in [6, 6.07) is 19.9. The molecule has 0 N–H and O–H groups in total. The summed E-state index contributed by atoms with van der Waals surface area (Å²) in [5.74, 6) is -10.1. The third-order valence-electron chi connectivity index (χ3n) is 7.81. The normalized spacial score (nSPS) is 12.0. The maximum absolute atomic E-state index is 12.4. The molecule has 12 nitrogen and oxygen atoms in total. The number of amides is 4. The van der Waals surface area contributed by atoms with Gasteiger partial charge in [0.05, 0.1) is 21.6 Å². The second-order valence-electron chi connectivity index (χ2n) is 11.5. The molecule has 0 spiro atoms. The second-order valence-corrected chi connectivity index (χ2v) is 11.5. The minimum absolute atomic E-state index is 0. The summed E-state index contributed by atoms with van der Waals surface area (Å²) >= 11 is 0. The van der Waals surface area contributed by atoms with Crippen LogP contribution in [0.3, 0.4) is 0 Å². The Kier molecular flexibility index (Phi) is 21.1. The Morgan fingerprint density at radius 2 is 1.07 bits per heavy atom. The Labute approximate surface area is 329 Å². The van der Waals surface area contributed by atoms with E-state index in [9.17, 15) is 51.2 Å². The molecular formula is C40H49F5N6O6. The number of halogens is 5. The van der Waals surface area contributed by atoms with Crippen LogP contribution in [0.5, 0.6) is 0 Å². The smallest absolute Gasteiger partial charge is 0.272 e. The van der Waals surface area contributed by atoms with E-state index in [4.69, 9.17) is 0 Å². The number of nitro groups is 1. The van der Waals surface area contributed by atoms with Crippen LogP contribution >= 0.6 is 0 Å². The third-order valence-corrected chi connectivity index (χ3v) is 7.81. The predicted octanol–water partition coefficient (Wildman–Crippen LogP) is 9.09. The first-order valence-corrected chi connectivity index (χ1v) is 15.5. The van der Waals surface area contributed by atoms with Crippen molar-refractivity contribution >= 4 is 40.3 Å². The number of benzene rings is 4. The first-order chi connectivity index (χ1) is 24.9. The fraction of sp³-hybridized carbons (Fsp3) is 0.300. The Balaban J connectivity index is 0. The Bertz CT molecular complexity index is 2060. The molecule has 1 fully saturated rings. The maximum atomic E-state index is 12.4. The molecule has 0 radical (unpaired) electrons. The van der Waals surface area contributed by atoms with Gasteiger partial charge in [-0.15, -0.1) is 5.10 Å². The Morgan fingerprint density at radius 1 is 0.632 bits per heavy atom. The molecule has 57 heavy (non-hydrogen) atoms. The van der Waals surface area contributed by atoms with Crippen molar-refractivity contribution in [2.75, 3.05) is 14.1 Å². The van der Waals surface area contributed by atoms with Gasteiger partial charge in [0, 0.05) is 51.2 Å². The molecule has 5 aromatic rings. The maximum Gasteiger partial charge on any atom is 0.272 e. The standard InChI is InChI=1S/C9H7NO2.C8H9NO2.C7H3F5.C7H7N3.C5H7NO2.4CH4/c1-10-8(11)6-4-2-3-5-7(6)9(10)12;1-6-3-4-7(2)8(5-6)9(10)11;1-2-3(8)5(10)7(12)6(11)4(2)9;1-10-7-5-3-2-4-6(7)8-9-10;1-6-4(7)2-3-5(6)8;;;;/h2-5H,1H3;3-5H,1-2H3;1H3;2-5H,1H3;2-3H2,1H3;4*1H4. The van der Waals surface area contributed by atoms with Crippen molar-refractivity contribution in [3.05, 3.63) is 134 Å². The number of hydrogen-bond acceptors (Lipinski definition) is 8. The second kappa shape index (κ2) is 22.9. The van der Waals surface area contributed by atoms with Crippen LogP contribution in [-0.4, -0.2) is 67.4 Å². The number of nitro benzene ring substituents is 1. The van der Waals surface area contributed by atoms with Crippen LogP contribution in [0.25, 0.3) is 11.0 Å². The molecule has 0 aliphatic carbocycles. The first kappa shape index (κ1) is 52.7. The van der Waals surface area contributed by atoms with Gasteiger partial charge in [-0.2, -0.15) is 0 Å². The van der Waals surface area contributed by atoms with Gasteiger partial charge >= 0.3 is 0 Å². The SMILES string of the molecule is C.C.C.C.CN1C(=O)CCC1=O.CN1C(=O)c2ccccc2C1=O.Cc1c(F)c(F)c(F)c(F)c1F.Cc1ccc(C)c([N+](=O)[O-])c1.Cn1nnc2ccccc21. The number of carbonyl (C=O) groups is 4. The fourth-order valence-corrected chi connectivity index (χ4v) is 4.61. The summed E-state index contributed by atoms with van der Waals surface area (Å²) in [4.78, 5) is 55.9. The third kappa shape index (κ3) is 12.6. The molecule has 4 amide bonds. The van der Waals surface area contributed by atoms with Gasteiger partial charge < -0.3 is 0 Å². The molecule has 0 saturated carbocycles. The van der Waals surface area contributed by atoms with E-state index in [1.54, 1.807) is 48.0 Å². The van der Waals surface area contributed by atoms with Crippen molar-refractivity contribution in [3.8, 4) is 0 Å². The summed E-state index contributed by atoms with van der Waals surface area (Å²) in [6.07, 6.45) is 0.796. The molecule has 3 heterocycles. The average Bonchev–Trinajstić information content (AvgIpc) is 3.75. The van der Waals surface area contributed by atoms with E-state index in [0.29, 0.717) is 29.5 Å². The molecule has 0 bridgehead atoms. The first-order valence-electron chi connectivity index (χ1n) is 15.5. The van der Waals surface area contributed by atoms with Crippen molar-refractivity contribution in [1.82, 2.24) is 24.8 Å². The van der Waals surface area contributed by atoms with Crippen LogP contribution in [0.1, 0.15) is 80.0 Å². The minimum atomic E-state index is -2.13. The largest absolute Gasteiger partial charge is 0.286 e. The van der Waals surface area contributed by atoms with Crippen LogP contribution in [0.15, 0.2) is 66.7 Å². The lowest BCUT2D eigenvalue weighted by Gasteiger charge is -2.02. The van der Waals surface area contributed by atoms with Gasteiger partial charge in [0.25, 0.3) is 17.5 Å². The highest BCUT2D eigenvalue weighted by Crippen LogP contribution is 2.22. The molecule has 1 aromatic heterocycles. The molecule has 17 heteroatoms. The highest BCUT2D eigenvalue weighted by molar-refractivity contribution is 6.21. The van der Waals surface area contributed by atoms with Crippen molar-refractivity contribution in [2.45, 2.75) is 63.3 Å². The predicted molar refractivity (Wildman–Crippen MR) is 209 cm³/mol. The lowest BCUT2D eigenvalue weighted by Crippen LogP contribution is -2.24. The van der Waals surface area contributed by atoms with Gasteiger partial charge in [-0.25, -0.2) is 26.6 Å². The minimum Gasteiger partial charge on any atom is -0.286 e. The van der Waals surface area contributed by atoms with E-state index in [1.807, 2.05) is 44.3 Å². The lowest BCUT2D eigenvalue weighted by molar-refractivity contribution is -0.385. The Hall–Kier alpha value is -6.39. The van der Waals surface area contributed by atoms with E-state index < -0.39 is 34.6 Å². The van der Waals surface area contributed by atoms with Gasteiger partial charge in [-0.3, -0.25) is 39.1 Å². The summed E-state index contributed by atoms with van der Waals surface area (Å²) < 4.78 is 63.3. The lowest BCUT2D eigenvalue weighted by atomic mass is 10.1. The number of rotatable bonds is 1.